The molecule has 16 heavy (non-hydrogen) atoms. The van der Waals surface area contributed by atoms with Gasteiger partial charge in [-0.3, -0.25) is 0 Å². The van der Waals surface area contributed by atoms with Gasteiger partial charge in [0.05, 0.1) is 6.61 Å². The fraction of sp³-hybridized carbons (Fsp3) is 0.333. The maximum atomic E-state index is 10.6. The molecule has 0 N–H and O–H groups in total. The Kier molecular flexibility index (Phi) is 5.17. The lowest BCUT2D eigenvalue weighted by Crippen LogP contribution is -2.21. The Morgan fingerprint density at radius 1 is 1.31 bits per heavy atom. The third-order valence-electron chi connectivity index (χ3n) is 1.61. The van der Waals surface area contributed by atoms with Crippen molar-refractivity contribution in [2.45, 2.75) is 13.1 Å². The van der Waals surface area contributed by atoms with Gasteiger partial charge in [0.2, 0.25) is 0 Å². The fourth-order valence-corrected chi connectivity index (χ4v) is 1.47. The summed E-state index contributed by atoms with van der Waals surface area (Å²) in [5, 5.41) is 0. The van der Waals surface area contributed by atoms with Crippen LogP contribution in [0.15, 0.2) is 30.3 Å². The lowest BCUT2D eigenvalue weighted by atomic mass is 10.2. The zero-order valence-corrected chi connectivity index (χ0v) is 10.1. The summed E-state index contributed by atoms with van der Waals surface area (Å²) >= 11 is 0. The molecule has 0 fully saturated rings. The molecule has 1 rings (SSSR count). The monoisotopic (exact) mass is 266 g/mol. The van der Waals surface area contributed by atoms with Crippen molar-refractivity contribution in [1.29, 1.82) is 0 Å². The Bertz CT molecular complexity index is 405. The molecule has 0 aliphatic rings. The summed E-state index contributed by atoms with van der Waals surface area (Å²) in [4.78, 5) is 0. The van der Waals surface area contributed by atoms with E-state index in [1.165, 1.54) is 7.11 Å². The summed E-state index contributed by atoms with van der Waals surface area (Å²) in [5.74, 6) is 0. The van der Waals surface area contributed by atoms with Crippen LogP contribution in [0.5, 0.6) is 0 Å². The molecule has 0 heterocycles. The molecule has 1 aromatic rings. The van der Waals surface area contributed by atoms with Gasteiger partial charge in [-0.25, -0.2) is 0 Å². The molecule has 0 aromatic heterocycles. The van der Waals surface area contributed by atoms with Crippen molar-refractivity contribution in [3.05, 3.63) is 35.9 Å². The fourth-order valence-electron chi connectivity index (χ4n) is 0.967. The van der Waals surface area contributed by atoms with Gasteiger partial charge in [0, 0.05) is 17.8 Å². The van der Waals surface area contributed by atoms with Crippen LogP contribution >= 0.6 is 10.7 Å². The van der Waals surface area contributed by atoms with E-state index in [4.69, 9.17) is 15.4 Å². The molecule has 0 spiro atoms. The van der Waals surface area contributed by atoms with Crippen molar-refractivity contribution in [2.75, 3.05) is 7.11 Å². The van der Waals surface area contributed by atoms with E-state index in [2.05, 4.69) is 8.92 Å². The summed E-state index contributed by atoms with van der Waals surface area (Å²) in [6, 6.07) is 9.17. The van der Waals surface area contributed by atoms with Crippen LogP contribution in [0.2, 0.25) is 0 Å². The van der Waals surface area contributed by atoms with Crippen LogP contribution in [0.25, 0.3) is 0 Å². The Balaban J connectivity index is 2.46. The highest BCUT2D eigenvalue weighted by molar-refractivity contribution is 8.09. The first-order chi connectivity index (χ1) is 7.51. The van der Waals surface area contributed by atoms with Crippen LogP contribution in [0.3, 0.4) is 0 Å². The van der Waals surface area contributed by atoms with Crippen LogP contribution in [0, 0.1) is 0 Å². The average Bonchev–Trinajstić information content (AvgIpc) is 2.24. The zero-order valence-electron chi connectivity index (χ0n) is 8.50. The maximum Gasteiger partial charge on any atom is 0.359 e. The molecular weight excluding hydrogens is 256 g/mol. The largest absolute Gasteiger partial charge is 0.359 e. The predicted octanol–water partition coefficient (Wildman–Crippen LogP) is 1.63. The number of hydrogen-bond donors (Lipinski definition) is 0. The summed E-state index contributed by atoms with van der Waals surface area (Å²) in [7, 11) is 2.01. The van der Waals surface area contributed by atoms with E-state index in [0.717, 1.165) is 5.56 Å². The highest BCUT2D eigenvalue weighted by Gasteiger charge is 2.16. The van der Waals surface area contributed by atoms with Crippen LogP contribution in [-0.2, 0) is 29.6 Å². The third kappa shape index (κ3) is 5.43. The van der Waals surface area contributed by atoms with Crippen molar-refractivity contribution in [1.82, 2.24) is 0 Å². The summed E-state index contributed by atoms with van der Waals surface area (Å²) in [5.41, 5.74) is 0.861. The van der Waals surface area contributed by atoms with Crippen molar-refractivity contribution < 1.29 is 22.1 Å². The number of rotatable bonds is 6. The minimum absolute atomic E-state index is 0.158. The summed E-state index contributed by atoms with van der Waals surface area (Å²) in [6.45, 7) is -1.19. The van der Waals surface area contributed by atoms with E-state index >= 15 is 0 Å². The quantitative estimate of drug-likeness (QED) is 0.579. The Morgan fingerprint density at radius 3 is 2.44 bits per heavy atom. The molecule has 5 nitrogen and oxygen atoms in total. The van der Waals surface area contributed by atoms with E-state index in [-0.39, 0.29) is 6.61 Å². The molecule has 1 unspecified atom stereocenters. The molecule has 0 saturated heterocycles. The first-order valence-corrected chi connectivity index (χ1v) is 6.56. The van der Waals surface area contributed by atoms with E-state index in [0.29, 0.717) is 0 Å². The van der Waals surface area contributed by atoms with Gasteiger partial charge in [-0.1, -0.05) is 30.3 Å². The number of ether oxygens (including phenoxy) is 2. The molecule has 90 valence electrons. The number of hydrogen-bond acceptors (Lipinski definition) is 5. The van der Waals surface area contributed by atoms with Gasteiger partial charge in [0.1, 0.15) is 0 Å². The smallest absolute Gasteiger partial charge is 0.332 e. The highest BCUT2D eigenvalue weighted by Crippen LogP contribution is 2.09. The van der Waals surface area contributed by atoms with Crippen molar-refractivity contribution >= 4 is 20.0 Å². The topological polar surface area (TPSA) is 61.8 Å². The van der Waals surface area contributed by atoms with Gasteiger partial charge in [0.25, 0.3) is 6.48 Å². The Hall–Kier alpha value is -0.660. The van der Waals surface area contributed by atoms with E-state index in [1.807, 2.05) is 30.3 Å². The molecule has 0 amide bonds. The first-order valence-electron chi connectivity index (χ1n) is 4.32. The third-order valence-corrected chi connectivity index (χ3v) is 2.22. The molecule has 0 aliphatic carbocycles. The number of halogens is 1. The first kappa shape index (κ1) is 13.4. The van der Waals surface area contributed by atoms with Crippen LogP contribution in [0.1, 0.15) is 5.56 Å². The van der Waals surface area contributed by atoms with Crippen LogP contribution in [-0.4, -0.2) is 22.0 Å². The SMILES string of the molecule is COC(OCc1ccccc1)OS(=O)(=O)Cl. The normalized spacial score (nSPS) is 13.6. The Morgan fingerprint density at radius 2 is 1.94 bits per heavy atom. The van der Waals surface area contributed by atoms with E-state index < -0.39 is 15.8 Å². The lowest BCUT2D eigenvalue weighted by Gasteiger charge is -2.13. The van der Waals surface area contributed by atoms with Crippen molar-refractivity contribution in [2.24, 2.45) is 0 Å². The summed E-state index contributed by atoms with van der Waals surface area (Å²) in [6.07, 6.45) is 0. The number of methoxy groups -OCH3 is 1. The second-order valence-corrected chi connectivity index (χ2v) is 4.92. The zero-order chi connectivity index (χ0) is 12.0. The van der Waals surface area contributed by atoms with Crippen LogP contribution in [0.4, 0.5) is 0 Å². The molecule has 1 aromatic carbocycles. The van der Waals surface area contributed by atoms with Crippen molar-refractivity contribution in [3.8, 4) is 0 Å². The van der Waals surface area contributed by atoms with Gasteiger partial charge >= 0.3 is 9.33 Å². The van der Waals surface area contributed by atoms with Gasteiger partial charge in [-0.05, 0) is 5.56 Å². The molecule has 0 saturated carbocycles. The van der Waals surface area contributed by atoms with E-state index in [1.54, 1.807) is 0 Å². The molecule has 0 radical (unpaired) electrons. The number of benzene rings is 1. The van der Waals surface area contributed by atoms with Crippen LogP contribution < -0.4 is 0 Å². The molecular formula is C9H11ClO5S. The minimum atomic E-state index is -4.12. The predicted molar refractivity (Wildman–Crippen MR) is 57.9 cm³/mol. The molecule has 0 bridgehead atoms. The highest BCUT2D eigenvalue weighted by atomic mass is 35.7. The average molecular weight is 267 g/mol. The second kappa shape index (κ2) is 6.17. The van der Waals surface area contributed by atoms with Crippen molar-refractivity contribution in [3.63, 3.8) is 0 Å². The second-order valence-electron chi connectivity index (χ2n) is 2.81. The van der Waals surface area contributed by atoms with Gasteiger partial charge in [-0.15, -0.1) is 0 Å². The lowest BCUT2D eigenvalue weighted by molar-refractivity contribution is -0.236. The van der Waals surface area contributed by atoms with Gasteiger partial charge in [0.15, 0.2) is 0 Å². The Labute approximate surface area is 98.5 Å². The minimum Gasteiger partial charge on any atom is -0.332 e. The van der Waals surface area contributed by atoms with E-state index in [9.17, 15) is 8.42 Å². The van der Waals surface area contributed by atoms with Gasteiger partial charge in [-0.2, -0.15) is 12.6 Å². The summed E-state index contributed by atoms with van der Waals surface area (Å²) < 4.78 is 35.2. The maximum absolute atomic E-state index is 10.6. The standard InChI is InChI=1S/C9H11ClO5S/c1-13-9(15-16(10,11)12)14-7-8-5-3-2-4-6-8/h2-6,9H,7H2,1H3. The van der Waals surface area contributed by atoms with Gasteiger partial charge < -0.3 is 9.47 Å². The molecule has 0 aliphatic heterocycles. The molecule has 1 atom stereocenters. The molecule has 7 heteroatoms.